The molecule has 24 heteroatoms. The van der Waals surface area contributed by atoms with Gasteiger partial charge in [0.1, 0.15) is 0 Å². The molecule has 8 heterocycles. The van der Waals surface area contributed by atoms with Crippen molar-refractivity contribution in [1.82, 2.24) is 29.6 Å². The largest absolute Gasteiger partial charge is 0.862 e. The van der Waals surface area contributed by atoms with Crippen molar-refractivity contribution in [3.8, 4) is 0 Å². The van der Waals surface area contributed by atoms with Crippen LogP contribution in [0.2, 0.25) is 10.0 Å². The number of aromatic amines is 2. The Labute approximate surface area is 518 Å². The summed E-state index contributed by atoms with van der Waals surface area (Å²) in [5.74, 6) is -3.25. The highest BCUT2D eigenvalue weighted by atomic mass is 35.6. The number of rotatable bonds is 6. The lowest BCUT2D eigenvalue weighted by molar-refractivity contribution is -0.636. The van der Waals surface area contributed by atoms with Gasteiger partial charge in [0.15, 0.2) is 19.4 Å². The predicted octanol–water partition coefficient (Wildman–Crippen LogP) is 9.97. The molecule has 16 nitrogen and oxygen atoms in total. The maximum atomic E-state index is 14.1. The van der Waals surface area contributed by atoms with Crippen LogP contribution in [-0.4, -0.2) is 111 Å². The number of carbonyl (C=O) groups excluding carboxylic acids is 5. The van der Waals surface area contributed by atoms with Crippen LogP contribution in [0.5, 0.6) is 0 Å². The molecule has 2 aromatic carbocycles. The number of alkyl halides is 6. The molecule has 5 amide bonds. The number of halogens is 8. The number of nitrogens with two attached hydrogens (primary N) is 1. The summed E-state index contributed by atoms with van der Waals surface area (Å²) in [7, 11) is 0. The van der Waals surface area contributed by atoms with Crippen LogP contribution in [0.3, 0.4) is 0 Å². The second-order valence-corrected chi connectivity index (χ2v) is 29.3. The van der Waals surface area contributed by atoms with E-state index in [1.807, 2.05) is 65.2 Å². The fraction of sp³-hybridized carbons (Fsp3) is 0.586. The van der Waals surface area contributed by atoms with Gasteiger partial charge < -0.3 is 34.7 Å². The molecule has 4 aromatic rings. The number of likely N-dealkylation sites (tertiary alicyclic amines) is 2. The van der Waals surface area contributed by atoms with E-state index in [4.69, 9.17) is 92.8 Å². The number of aromatic nitrogens is 2. The summed E-state index contributed by atoms with van der Waals surface area (Å²) in [5.41, 5.74) is 0.232. The number of carbonyl (C=O) groups is 5. The summed E-state index contributed by atoms with van der Waals surface area (Å²) in [5, 5.41) is 16.3. The van der Waals surface area contributed by atoms with Crippen LogP contribution in [-0.2, 0) is 48.1 Å². The first-order chi connectivity index (χ1) is 38.3. The third kappa shape index (κ3) is 14.5. The van der Waals surface area contributed by atoms with Gasteiger partial charge in [-0.15, -0.1) is 0 Å². The van der Waals surface area contributed by atoms with Crippen LogP contribution in [0.15, 0.2) is 51.0 Å². The number of H-pyrrole nitrogens is 2. The van der Waals surface area contributed by atoms with Gasteiger partial charge in [-0.2, -0.15) is 0 Å². The predicted molar refractivity (Wildman–Crippen MR) is 325 cm³/mol. The molecule has 2 aromatic heterocycles. The molecule has 10 rings (SSSR count). The monoisotopic (exact) mass is 1290 g/mol. The third-order valence-electron chi connectivity index (χ3n) is 16.4. The molecule has 0 unspecified atom stereocenters. The summed E-state index contributed by atoms with van der Waals surface area (Å²) in [6.07, 6.45) is 6.54. The Morgan fingerprint density at radius 3 is 1.35 bits per heavy atom. The lowest BCUT2D eigenvalue weighted by Crippen LogP contribution is -2.97. The van der Waals surface area contributed by atoms with Crippen LogP contribution >= 0.6 is 92.8 Å². The minimum atomic E-state index is -1.02. The van der Waals surface area contributed by atoms with E-state index in [1.165, 1.54) is 0 Å². The van der Waals surface area contributed by atoms with E-state index in [2.05, 4.69) is 15.0 Å². The number of primary amides is 1. The van der Waals surface area contributed by atoms with Crippen molar-refractivity contribution in [2.45, 2.75) is 163 Å². The number of fused-ring (bicyclic) bond motifs is 8. The molecular formula is C58H72Cl8N8O8. The summed E-state index contributed by atoms with van der Waals surface area (Å²) in [6, 6.07) is 10.2. The molecular weight excluding hydrogens is 1220 g/mol. The summed E-state index contributed by atoms with van der Waals surface area (Å²) < 4.78 is -1.50. The number of piperidine rings is 4. The standard InChI is InChI=1S/2C28H35ClN4O4.2CHCl3/c2*1-27(2,3)31-22(34)13-16-12-20(26(37)32-10-6-5-7-11-32)28(4)24-19(15-33(28)25(16)36)23(35)18-14-17(29)8-9-21(18)30-24;2*2-1(3)4/h2*8-9,14,16,20H,5-7,10-13,15H2,1-4H3,(H,30,35)(H,31,34);2*1H/t2*16-,20-,28+;;/m10../s1. The maximum Gasteiger partial charge on any atom is 0.311 e. The molecule has 448 valence electrons. The lowest BCUT2D eigenvalue weighted by atomic mass is 9.71. The van der Waals surface area contributed by atoms with Crippen LogP contribution in [0.25, 0.3) is 21.8 Å². The SMILES string of the molecule is CC(C)(C)N=C([O-])C[C@@H]1C[C@@H](C(=O)N2CCCCC2)[C@]2(C)c3[nH]c4ccc(Cl)cc4c(=O)c3CN2C1=O.CC(C)(C)[NH2+]C(=O)C[C@H]1C[C@H](C(=O)N2CCCCC2)[C@@]2(C)c3[nH]c4ccc(Cl)cc4c(=O)c3CN2C1=O.ClC(Cl)Cl.ClC(Cl)Cl. The van der Waals surface area contributed by atoms with Gasteiger partial charge in [-0.05, 0) is 155 Å². The quantitative estimate of drug-likeness (QED) is 0.0957. The van der Waals surface area contributed by atoms with Gasteiger partial charge in [-0.3, -0.25) is 39.1 Å². The zero-order valence-electron chi connectivity index (χ0n) is 47.3. The van der Waals surface area contributed by atoms with Crippen molar-refractivity contribution in [3.63, 3.8) is 0 Å². The van der Waals surface area contributed by atoms with Crippen molar-refractivity contribution in [2.24, 2.45) is 28.7 Å². The Morgan fingerprint density at radius 1 is 0.634 bits per heavy atom. The molecule has 82 heavy (non-hydrogen) atoms. The number of aliphatic imine (C=N–C) groups is 1. The highest BCUT2D eigenvalue weighted by Gasteiger charge is 2.61. The van der Waals surface area contributed by atoms with E-state index in [1.54, 1.807) is 51.5 Å². The van der Waals surface area contributed by atoms with E-state index in [9.17, 15) is 38.7 Å². The molecule has 4 fully saturated rings. The number of nitrogens with one attached hydrogen (secondary N) is 2. The van der Waals surface area contributed by atoms with Crippen molar-refractivity contribution < 1.29 is 34.4 Å². The molecule has 0 spiro atoms. The van der Waals surface area contributed by atoms with E-state index in [0.717, 1.165) is 38.5 Å². The highest BCUT2D eigenvalue weighted by molar-refractivity contribution is 6.63. The van der Waals surface area contributed by atoms with Crippen molar-refractivity contribution in [1.29, 1.82) is 0 Å². The van der Waals surface area contributed by atoms with Crippen molar-refractivity contribution in [2.75, 3.05) is 26.2 Å². The number of benzene rings is 2. The molecule has 0 aliphatic carbocycles. The highest BCUT2D eigenvalue weighted by Crippen LogP contribution is 2.52. The molecule has 6 aliphatic heterocycles. The van der Waals surface area contributed by atoms with Gasteiger partial charge >= 0.3 is 5.91 Å². The molecule has 0 saturated carbocycles. The summed E-state index contributed by atoms with van der Waals surface area (Å²) in [6.45, 7) is 18.1. The van der Waals surface area contributed by atoms with Gasteiger partial charge in [0, 0.05) is 75.1 Å². The molecule has 0 radical (unpaired) electrons. The molecule has 4 N–H and O–H groups in total. The van der Waals surface area contributed by atoms with Crippen LogP contribution in [0.1, 0.15) is 142 Å². The Kier molecular flexibility index (Phi) is 21.2. The minimum Gasteiger partial charge on any atom is -0.862 e. The van der Waals surface area contributed by atoms with Gasteiger partial charge in [0.2, 0.25) is 23.6 Å². The first-order valence-electron chi connectivity index (χ1n) is 27.7. The number of amides is 5. The third-order valence-corrected chi connectivity index (χ3v) is 16.8. The number of quaternary nitrogens is 1. The topological polar surface area (TPSA) is 216 Å². The van der Waals surface area contributed by atoms with Crippen molar-refractivity contribution in [3.05, 3.63) is 89.4 Å². The van der Waals surface area contributed by atoms with Gasteiger partial charge in [-0.1, -0.05) is 92.8 Å². The van der Waals surface area contributed by atoms with Crippen LogP contribution in [0, 0.1) is 23.7 Å². The van der Waals surface area contributed by atoms with Gasteiger partial charge in [0.25, 0.3) is 0 Å². The van der Waals surface area contributed by atoms with E-state index in [-0.39, 0.29) is 90.6 Å². The van der Waals surface area contributed by atoms with E-state index < -0.39 is 48.9 Å². The molecule has 4 saturated heterocycles. The molecule has 0 bridgehead atoms. The fourth-order valence-electron chi connectivity index (χ4n) is 12.8. The number of nitrogens with zero attached hydrogens (tertiary/aromatic N) is 5. The first-order valence-corrected chi connectivity index (χ1v) is 31.0. The average Bonchev–Trinajstić information content (AvgIpc) is 2.47. The smallest absolute Gasteiger partial charge is 0.311 e. The minimum absolute atomic E-state index is 0.00171. The average molecular weight is 1290 g/mol. The Balaban J connectivity index is 0.000000209. The summed E-state index contributed by atoms with van der Waals surface area (Å²) in [4.78, 5) is 114. The summed E-state index contributed by atoms with van der Waals surface area (Å²) >= 11 is 41.2. The second kappa shape index (κ2) is 26.4. The number of hydrogen-bond donors (Lipinski definition) is 3. The van der Waals surface area contributed by atoms with Gasteiger partial charge in [0.05, 0.1) is 70.8 Å². The molecule has 6 atom stereocenters. The second-order valence-electron chi connectivity index (χ2n) is 24.4. The Morgan fingerprint density at radius 2 is 1.00 bits per heavy atom. The maximum absolute atomic E-state index is 14.1. The zero-order chi connectivity index (χ0) is 60.6. The Hall–Kier alpha value is -3.84. The first kappa shape index (κ1) is 65.7. The zero-order valence-corrected chi connectivity index (χ0v) is 53.4. The van der Waals surface area contributed by atoms with Gasteiger partial charge in [-0.25, -0.2) is 4.79 Å². The van der Waals surface area contributed by atoms with Crippen LogP contribution in [0.4, 0.5) is 0 Å². The number of pyridine rings is 2. The van der Waals surface area contributed by atoms with E-state index >= 15 is 0 Å². The fourth-order valence-corrected chi connectivity index (χ4v) is 13.1. The van der Waals surface area contributed by atoms with E-state index in [0.29, 0.717) is 80.5 Å². The lowest BCUT2D eigenvalue weighted by Gasteiger charge is -2.49. The number of hydrogen-bond acceptors (Lipinski definition) is 9. The molecule has 6 aliphatic rings. The van der Waals surface area contributed by atoms with Crippen LogP contribution < -0.4 is 21.3 Å². The Bertz CT molecular complexity index is 3230. The normalized spacial score (nSPS) is 24.4. The van der Waals surface area contributed by atoms with Crippen molar-refractivity contribution >= 4 is 150 Å².